The lowest BCUT2D eigenvalue weighted by atomic mass is 9.96. The fourth-order valence-electron chi connectivity index (χ4n) is 3.76. The van der Waals surface area contributed by atoms with E-state index in [1.165, 1.54) is 27.0 Å². The van der Waals surface area contributed by atoms with Crippen LogP contribution in [0.1, 0.15) is 11.3 Å². The van der Waals surface area contributed by atoms with Crippen LogP contribution in [0.4, 0.5) is 0 Å². The molecule has 5 rings (SSSR count). The van der Waals surface area contributed by atoms with Crippen molar-refractivity contribution < 1.29 is 0 Å². The molecule has 0 aliphatic rings. The second kappa shape index (κ2) is 6.77. The van der Waals surface area contributed by atoms with Crippen LogP contribution in [0.3, 0.4) is 0 Å². The molecule has 28 heavy (non-hydrogen) atoms. The highest BCUT2D eigenvalue weighted by Crippen LogP contribution is 2.39. The summed E-state index contributed by atoms with van der Waals surface area (Å²) in [6.45, 7) is 4.25. The fraction of sp³-hybridized carbons (Fsp3) is 0.0800. The summed E-state index contributed by atoms with van der Waals surface area (Å²) < 4.78 is 0. The number of para-hydroxylation sites is 1. The second-order valence-corrected chi connectivity index (χ2v) is 8.05. The summed E-state index contributed by atoms with van der Waals surface area (Å²) in [5, 5.41) is 3.31. The summed E-state index contributed by atoms with van der Waals surface area (Å²) in [6.07, 6.45) is 0. The van der Waals surface area contributed by atoms with Crippen molar-refractivity contribution in [2.75, 3.05) is 0 Å². The van der Waals surface area contributed by atoms with Crippen molar-refractivity contribution in [3.8, 4) is 33.0 Å². The number of H-pyrrole nitrogens is 1. The van der Waals surface area contributed by atoms with Gasteiger partial charge in [0.25, 0.3) is 0 Å². The number of aromatic amines is 1. The SMILES string of the molecule is Cc1ccc(-c2ccc(-c3cccs3)nc2-c2c(C)[nH]c3ccccc23)cc1. The van der Waals surface area contributed by atoms with Gasteiger partial charge in [0.05, 0.1) is 16.3 Å². The molecule has 0 aliphatic carbocycles. The molecule has 0 spiro atoms. The zero-order valence-electron chi connectivity index (χ0n) is 15.9. The topological polar surface area (TPSA) is 28.7 Å². The summed E-state index contributed by atoms with van der Waals surface area (Å²) in [5.74, 6) is 0. The molecule has 2 aromatic carbocycles. The summed E-state index contributed by atoms with van der Waals surface area (Å²) in [5.41, 5.74) is 9.14. The van der Waals surface area contributed by atoms with Crippen LogP contribution in [0.15, 0.2) is 78.2 Å². The lowest BCUT2D eigenvalue weighted by Gasteiger charge is -2.12. The molecule has 2 nitrogen and oxygen atoms in total. The van der Waals surface area contributed by atoms with Crippen LogP contribution in [-0.2, 0) is 0 Å². The van der Waals surface area contributed by atoms with E-state index in [9.17, 15) is 0 Å². The Labute approximate surface area is 168 Å². The first-order valence-corrected chi connectivity index (χ1v) is 10.3. The quantitative estimate of drug-likeness (QED) is 0.351. The van der Waals surface area contributed by atoms with Gasteiger partial charge in [0.15, 0.2) is 0 Å². The zero-order chi connectivity index (χ0) is 19.1. The third kappa shape index (κ3) is 2.85. The van der Waals surface area contributed by atoms with Crippen LogP contribution in [-0.4, -0.2) is 9.97 Å². The number of hydrogen-bond acceptors (Lipinski definition) is 2. The Bertz CT molecular complexity index is 1260. The van der Waals surface area contributed by atoms with Gasteiger partial charge in [-0.2, -0.15) is 0 Å². The highest BCUT2D eigenvalue weighted by molar-refractivity contribution is 7.13. The van der Waals surface area contributed by atoms with E-state index in [-0.39, 0.29) is 0 Å². The van der Waals surface area contributed by atoms with Crippen LogP contribution < -0.4 is 0 Å². The number of aromatic nitrogens is 2. The second-order valence-electron chi connectivity index (χ2n) is 7.11. The summed E-state index contributed by atoms with van der Waals surface area (Å²) in [7, 11) is 0. The van der Waals surface area contributed by atoms with E-state index in [0.717, 1.165) is 28.2 Å². The number of rotatable bonds is 3. The first kappa shape index (κ1) is 17.0. The first-order valence-electron chi connectivity index (χ1n) is 9.40. The molecule has 0 saturated carbocycles. The molecule has 0 fully saturated rings. The van der Waals surface area contributed by atoms with Crippen LogP contribution >= 0.6 is 11.3 Å². The number of nitrogens with zero attached hydrogens (tertiary/aromatic N) is 1. The predicted molar refractivity (Wildman–Crippen MR) is 120 cm³/mol. The molecule has 0 radical (unpaired) electrons. The van der Waals surface area contributed by atoms with E-state index in [4.69, 9.17) is 4.98 Å². The average Bonchev–Trinajstić information content (AvgIpc) is 3.35. The van der Waals surface area contributed by atoms with Gasteiger partial charge in [-0.05, 0) is 49.1 Å². The van der Waals surface area contributed by atoms with Crippen molar-refractivity contribution in [2.24, 2.45) is 0 Å². The fourth-order valence-corrected chi connectivity index (χ4v) is 4.45. The van der Waals surface area contributed by atoms with Crippen molar-refractivity contribution in [1.29, 1.82) is 0 Å². The molecule has 0 bridgehead atoms. The van der Waals surface area contributed by atoms with Gasteiger partial charge < -0.3 is 4.98 Å². The predicted octanol–water partition coefficient (Wildman–Crippen LogP) is 7.24. The number of benzene rings is 2. The minimum Gasteiger partial charge on any atom is -0.358 e. The first-order chi connectivity index (χ1) is 13.7. The van der Waals surface area contributed by atoms with E-state index in [1.807, 2.05) is 0 Å². The maximum Gasteiger partial charge on any atom is 0.0812 e. The van der Waals surface area contributed by atoms with Crippen LogP contribution in [0.25, 0.3) is 43.9 Å². The van der Waals surface area contributed by atoms with E-state index in [0.29, 0.717) is 0 Å². The molecule has 3 aromatic heterocycles. The van der Waals surface area contributed by atoms with E-state index < -0.39 is 0 Å². The van der Waals surface area contributed by atoms with Crippen molar-refractivity contribution in [3.63, 3.8) is 0 Å². The molecule has 3 heteroatoms. The Morgan fingerprint density at radius 1 is 0.821 bits per heavy atom. The Balaban J connectivity index is 1.81. The molecule has 5 aromatic rings. The molecular formula is C25H20N2S. The number of thiophene rings is 1. The molecule has 0 saturated heterocycles. The lowest BCUT2D eigenvalue weighted by molar-refractivity contribution is 1.27. The maximum atomic E-state index is 5.16. The summed E-state index contributed by atoms with van der Waals surface area (Å²) >= 11 is 1.72. The Morgan fingerprint density at radius 2 is 1.64 bits per heavy atom. The molecule has 0 atom stereocenters. The lowest BCUT2D eigenvalue weighted by Crippen LogP contribution is -1.93. The van der Waals surface area contributed by atoms with Gasteiger partial charge in [-0.1, -0.05) is 54.1 Å². The summed E-state index contributed by atoms with van der Waals surface area (Å²) in [4.78, 5) is 9.88. The number of nitrogens with one attached hydrogen (secondary N) is 1. The minimum absolute atomic E-state index is 1.02. The third-order valence-corrected chi connectivity index (χ3v) is 6.05. The smallest absolute Gasteiger partial charge is 0.0812 e. The zero-order valence-corrected chi connectivity index (χ0v) is 16.7. The Kier molecular flexibility index (Phi) is 4.10. The molecule has 136 valence electrons. The number of hydrogen-bond donors (Lipinski definition) is 1. The van der Waals surface area contributed by atoms with Crippen LogP contribution in [0.2, 0.25) is 0 Å². The molecular weight excluding hydrogens is 360 g/mol. The Morgan fingerprint density at radius 3 is 2.43 bits per heavy atom. The molecule has 3 heterocycles. The molecule has 0 unspecified atom stereocenters. The van der Waals surface area contributed by atoms with Gasteiger partial charge >= 0.3 is 0 Å². The van der Waals surface area contributed by atoms with Crippen LogP contribution in [0.5, 0.6) is 0 Å². The van der Waals surface area contributed by atoms with Gasteiger partial charge in [-0.25, -0.2) is 4.98 Å². The van der Waals surface area contributed by atoms with Gasteiger partial charge in [0, 0.05) is 27.7 Å². The van der Waals surface area contributed by atoms with Gasteiger partial charge in [-0.15, -0.1) is 11.3 Å². The van der Waals surface area contributed by atoms with Crippen LogP contribution in [0, 0.1) is 13.8 Å². The van der Waals surface area contributed by atoms with E-state index in [2.05, 4.69) is 97.0 Å². The van der Waals surface area contributed by atoms with Crippen molar-refractivity contribution in [2.45, 2.75) is 13.8 Å². The van der Waals surface area contributed by atoms with Gasteiger partial charge in [0.1, 0.15) is 0 Å². The summed E-state index contributed by atoms with van der Waals surface area (Å²) in [6, 6.07) is 25.7. The van der Waals surface area contributed by atoms with E-state index in [1.54, 1.807) is 11.3 Å². The van der Waals surface area contributed by atoms with Crippen molar-refractivity contribution in [1.82, 2.24) is 9.97 Å². The largest absolute Gasteiger partial charge is 0.358 e. The maximum absolute atomic E-state index is 5.16. The molecule has 0 aliphatic heterocycles. The minimum atomic E-state index is 1.02. The molecule has 1 N–H and O–H groups in total. The highest BCUT2D eigenvalue weighted by atomic mass is 32.1. The van der Waals surface area contributed by atoms with Gasteiger partial charge in [0.2, 0.25) is 0 Å². The normalized spacial score (nSPS) is 11.2. The molecule has 0 amide bonds. The van der Waals surface area contributed by atoms with Gasteiger partial charge in [-0.3, -0.25) is 0 Å². The van der Waals surface area contributed by atoms with Crippen molar-refractivity contribution >= 4 is 22.2 Å². The Hall–Kier alpha value is -3.17. The standard InChI is InChI=1S/C25H20N2S/c1-16-9-11-18(12-10-16)19-13-14-22(23-8-5-15-28-23)27-25(19)24-17(2)26-21-7-4-3-6-20(21)24/h3-15,26H,1-2H3. The number of pyridine rings is 1. The number of aryl methyl sites for hydroxylation is 2. The van der Waals surface area contributed by atoms with Crippen molar-refractivity contribution in [3.05, 3.63) is 89.4 Å². The highest BCUT2D eigenvalue weighted by Gasteiger charge is 2.18. The van der Waals surface area contributed by atoms with E-state index >= 15 is 0 Å². The monoisotopic (exact) mass is 380 g/mol. The third-order valence-electron chi connectivity index (χ3n) is 5.16. The number of fused-ring (bicyclic) bond motifs is 1. The average molecular weight is 381 g/mol.